The van der Waals surface area contributed by atoms with Gasteiger partial charge in [0.05, 0.1) is 22.7 Å². The van der Waals surface area contributed by atoms with Crippen LogP contribution < -0.4 is 10.6 Å². The van der Waals surface area contributed by atoms with Crippen molar-refractivity contribution in [2.24, 2.45) is 0 Å². The first-order valence-electron chi connectivity index (χ1n) is 10.4. The molecule has 4 aromatic rings. The molecule has 2 heterocycles. The van der Waals surface area contributed by atoms with E-state index in [0.29, 0.717) is 12.1 Å². The number of aromatic nitrogens is 2. The number of carbonyl (C=O) groups excluding carboxylic acids is 2. The van der Waals surface area contributed by atoms with Crippen molar-refractivity contribution in [3.05, 3.63) is 92.6 Å². The minimum atomic E-state index is -4.91. The normalized spacial score (nSPS) is 14.8. The average Bonchev–Trinajstić information content (AvgIpc) is 3.40. The summed E-state index contributed by atoms with van der Waals surface area (Å²) in [6.07, 6.45) is -4.91. The number of benzene rings is 3. The molecule has 2 amide bonds. The Morgan fingerprint density at radius 3 is 2.57 bits per heavy atom. The van der Waals surface area contributed by atoms with Crippen molar-refractivity contribution in [3.63, 3.8) is 0 Å². The fourth-order valence-electron chi connectivity index (χ4n) is 4.22. The summed E-state index contributed by atoms with van der Waals surface area (Å²) in [5.74, 6) is -3.75. The highest BCUT2D eigenvalue weighted by molar-refractivity contribution is 6.31. The largest absolute Gasteiger partial charge is 0.416 e. The smallest absolute Gasteiger partial charge is 0.341 e. The zero-order chi connectivity index (χ0) is 26.6. The molecule has 3 aromatic carbocycles. The molecule has 0 aliphatic carbocycles. The molecule has 0 bridgehead atoms. The van der Waals surface area contributed by atoms with Crippen LogP contribution in [0, 0.1) is 23.0 Å². The Morgan fingerprint density at radius 2 is 1.86 bits per heavy atom. The van der Waals surface area contributed by atoms with Gasteiger partial charge in [0.15, 0.2) is 5.69 Å². The molecule has 5 rings (SSSR count). The molecule has 1 atom stereocenters. The van der Waals surface area contributed by atoms with E-state index < -0.39 is 46.8 Å². The molecule has 0 spiro atoms. The fourth-order valence-corrected chi connectivity index (χ4v) is 4.45. The van der Waals surface area contributed by atoms with E-state index in [1.54, 1.807) is 0 Å². The highest BCUT2D eigenvalue weighted by Crippen LogP contribution is 2.43. The molecule has 13 heteroatoms. The number of H-pyrrole nitrogens is 1. The molecule has 1 aliphatic heterocycles. The zero-order valence-electron chi connectivity index (χ0n) is 18.1. The van der Waals surface area contributed by atoms with Gasteiger partial charge < -0.3 is 10.6 Å². The monoisotopic (exact) mass is 531 g/mol. The summed E-state index contributed by atoms with van der Waals surface area (Å²) < 4.78 is 67.5. The van der Waals surface area contributed by atoms with Gasteiger partial charge in [-0.25, -0.2) is 8.78 Å². The Hall–Kier alpha value is -4.50. The minimum Gasteiger partial charge on any atom is -0.341 e. The number of nitrogens with zero attached hydrogens (tertiary/aromatic N) is 2. The van der Waals surface area contributed by atoms with Gasteiger partial charge >= 0.3 is 6.18 Å². The van der Waals surface area contributed by atoms with Crippen molar-refractivity contribution in [2.45, 2.75) is 12.2 Å². The van der Waals surface area contributed by atoms with Crippen molar-refractivity contribution in [1.29, 1.82) is 5.26 Å². The number of hydrogen-bond donors (Lipinski definition) is 3. The topological polar surface area (TPSA) is 111 Å². The number of anilines is 1. The van der Waals surface area contributed by atoms with Gasteiger partial charge in [-0.1, -0.05) is 11.6 Å². The van der Waals surface area contributed by atoms with Gasteiger partial charge in [0.1, 0.15) is 17.7 Å². The maximum absolute atomic E-state index is 14.1. The first-order chi connectivity index (χ1) is 17.5. The Balaban J connectivity index is 1.70. The average molecular weight is 532 g/mol. The van der Waals surface area contributed by atoms with Gasteiger partial charge in [-0.05, 0) is 42.5 Å². The number of hydrogen-bond acceptors (Lipinski definition) is 4. The van der Waals surface area contributed by atoms with E-state index in [4.69, 9.17) is 11.6 Å². The van der Waals surface area contributed by atoms with Crippen LogP contribution in [0.15, 0.2) is 42.5 Å². The fraction of sp³-hybridized carbons (Fsp3) is 0.0833. The Morgan fingerprint density at radius 1 is 1.11 bits per heavy atom. The lowest BCUT2D eigenvalue weighted by Crippen LogP contribution is -2.21. The standard InChI is InChI=1S/C24H11ClF5N5O2/c25-15-2-1-11(26)6-13(15)20-18-16(7-14-17(8-31)34-35-21(14)19(18)23(37)33-20)32-22(36)9-3-10(24(28,29)30)5-12(27)4-9/h1-7,20H,(H,32,36)(H,33,37)(H,34,35). The maximum atomic E-state index is 14.1. The van der Waals surface area contributed by atoms with E-state index in [-0.39, 0.29) is 50.1 Å². The lowest BCUT2D eigenvalue weighted by atomic mass is 9.94. The third-order valence-corrected chi connectivity index (χ3v) is 6.15. The number of rotatable bonds is 3. The van der Waals surface area contributed by atoms with E-state index in [2.05, 4.69) is 20.8 Å². The van der Waals surface area contributed by atoms with E-state index >= 15 is 0 Å². The summed E-state index contributed by atoms with van der Waals surface area (Å²) in [6.45, 7) is 0. The van der Waals surface area contributed by atoms with E-state index in [9.17, 15) is 36.8 Å². The van der Waals surface area contributed by atoms with Crippen LogP contribution in [-0.4, -0.2) is 22.0 Å². The zero-order valence-corrected chi connectivity index (χ0v) is 18.9. The van der Waals surface area contributed by atoms with Gasteiger partial charge in [0.25, 0.3) is 11.8 Å². The first kappa shape index (κ1) is 24.2. The Labute approximate surface area is 208 Å². The highest BCUT2D eigenvalue weighted by atomic mass is 35.5. The van der Waals surface area contributed by atoms with Crippen LogP contribution in [0.4, 0.5) is 27.6 Å². The van der Waals surface area contributed by atoms with Crippen LogP contribution in [-0.2, 0) is 6.18 Å². The van der Waals surface area contributed by atoms with Crippen molar-refractivity contribution in [2.75, 3.05) is 5.32 Å². The molecular weight excluding hydrogens is 521 g/mol. The second-order valence-electron chi connectivity index (χ2n) is 8.07. The quantitative estimate of drug-likeness (QED) is 0.304. The number of nitrogens with one attached hydrogen (secondary N) is 3. The molecule has 0 fully saturated rings. The van der Waals surface area contributed by atoms with Crippen LogP contribution in [0.5, 0.6) is 0 Å². The maximum Gasteiger partial charge on any atom is 0.416 e. The number of fused-ring (bicyclic) bond motifs is 3. The first-order valence-corrected chi connectivity index (χ1v) is 10.8. The Bertz CT molecular complexity index is 1680. The molecule has 186 valence electrons. The molecule has 37 heavy (non-hydrogen) atoms. The number of aromatic amines is 1. The molecule has 1 unspecified atom stereocenters. The summed E-state index contributed by atoms with van der Waals surface area (Å²) in [5.41, 5.74) is -1.92. The third-order valence-electron chi connectivity index (χ3n) is 5.80. The predicted octanol–water partition coefficient (Wildman–Crippen LogP) is 5.47. The number of nitriles is 1. The van der Waals surface area contributed by atoms with E-state index in [0.717, 1.165) is 12.1 Å². The van der Waals surface area contributed by atoms with Crippen LogP contribution in [0.1, 0.15) is 49.1 Å². The molecular formula is C24H11ClF5N5O2. The summed E-state index contributed by atoms with van der Waals surface area (Å²) in [5, 5.41) is 21.1. The second-order valence-corrected chi connectivity index (χ2v) is 8.48. The van der Waals surface area contributed by atoms with Crippen LogP contribution >= 0.6 is 11.6 Å². The summed E-state index contributed by atoms with van der Waals surface area (Å²) in [6, 6.07) is 6.81. The second kappa shape index (κ2) is 8.56. The van der Waals surface area contributed by atoms with Gasteiger partial charge in [-0.15, -0.1) is 0 Å². The van der Waals surface area contributed by atoms with Crippen LogP contribution in [0.3, 0.4) is 0 Å². The number of carbonyl (C=O) groups is 2. The number of halogens is 6. The Kier molecular flexibility index (Phi) is 5.60. The van der Waals surface area contributed by atoms with E-state index in [1.807, 2.05) is 6.07 Å². The number of amides is 2. The van der Waals surface area contributed by atoms with Gasteiger partial charge in [0.2, 0.25) is 0 Å². The summed E-state index contributed by atoms with van der Waals surface area (Å²) >= 11 is 6.25. The summed E-state index contributed by atoms with van der Waals surface area (Å²) in [4.78, 5) is 26.0. The van der Waals surface area contributed by atoms with Gasteiger partial charge in [-0.3, -0.25) is 14.7 Å². The number of alkyl halides is 3. The third kappa shape index (κ3) is 4.13. The minimum absolute atomic E-state index is 0.0395. The van der Waals surface area contributed by atoms with Gasteiger partial charge in [-0.2, -0.15) is 23.5 Å². The van der Waals surface area contributed by atoms with Gasteiger partial charge in [0, 0.05) is 32.8 Å². The lowest BCUT2D eigenvalue weighted by Gasteiger charge is -2.18. The predicted molar refractivity (Wildman–Crippen MR) is 121 cm³/mol. The molecule has 3 N–H and O–H groups in total. The van der Waals surface area contributed by atoms with Crippen molar-refractivity contribution in [3.8, 4) is 6.07 Å². The van der Waals surface area contributed by atoms with Crippen LogP contribution in [0.2, 0.25) is 5.02 Å². The molecule has 1 aromatic heterocycles. The molecule has 1 aliphatic rings. The molecule has 0 saturated carbocycles. The van der Waals surface area contributed by atoms with E-state index in [1.165, 1.54) is 12.1 Å². The van der Waals surface area contributed by atoms with Crippen LogP contribution in [0.25, 0.3) is 10.9 Å². The van der Waals surface area contributed by atoms with Crippen molar-refractivity contribution in [1.82, 2.24) is 15.5 Å². The molecule has 7 nitrogen and oxygen atoms in total. The highest BCUT2D eigenvalue weighted by Gasteiger charge is 2.37. The van der Waals surface area contributed by atoms with Crippen molar-refractivity contribution >= 4 is 40.0 Å². The summed E-state index contributed by atoms with van der Waals surface area (Å²) in [7, 11) is 0. The molecule has 0 radical (unpaired) electrons. The molecule has 0 saturated heterocycles. The lowest BCUT2D eigenvalue weighted by molar-refractivity contribution is -0.137. The SMILES string of the molecule is N#Cc1n[nH]c2c3c(c(NC(=O)c4cc(F)cc(C(F)(F)F)c4)cc12)C(c1cc(F)ccc1Cl)NC3=O. The van der Waals surface area contributed by atoms with Crippen molar-refractivity contribution < 1.29 is 31.5 Å².